The Kier molecular flexibility index (Phi) is 2.97. The Morgan fingerprint density at radius 3 is 2.70 bits per heavy atom. The molecule has 0 atom stereocenters. The van der Waals surface area contributed by atoms with Crippen LogP contribution in [0.3, 0.4) is 0 Å². The van der Waals surface area contributed by atoms with Crippen LogP contribution in [0.15, 0.2) is 35.2 Å². The average Bonchev–Trinajstić information content (AvgIpc) is 3.08. The summed E-state index contributed by atoms with van der Waals surface area (Å²) >= 11 is 1.15. The summed E-state index contributed by atoms with van der Waals surface area (Å²) in [5.74, 6) is -1.51. The molecule has 102 valence electrons. The first-order valence-electron chi connectivity index (χ1n) is 5.31. The van der Waals surface area contributed by atoms with Gasteiger partial charge in [-0.25, -0.2) is 4.98 Å². The average molecular weight is 298 g/mol. The number of hydrogen-bond donors (Lipinski definition) is 0. The van der Waals surface area contributed by atoms with Crippen LogP contribution in [0.1, 0.15) is 5.82 Å². The van der Waals surface area contributed by atoms with Gasteiger partial charge in [-0.2, -0.15) is 18.2 Å². The molecule has 3 heterocycles. The summed E-state index contributed by atoms with van der Waals surface area (Å²) in [4.78, 5) is 11.7. The van der Waals surface area contributed by atoms with Crippen LogP contribution < -0.4 is 0 Å². The molecule has 0 bridgehead atoms. The lowest BCUT2D eigenvalue weighted by atomic mass is 10.3. The maximum atomic E-state index is 12.4. The molecular weight excluding hydrogens is 293 g/mol. The van der Waals surface area contributed by atoms with Gasteiger partial charge in [-0.1, -0.05) is 5.16 Å². The molecule has 20 heavy (non-hydrogen) atoms. The fourth-order valence-corrected chi connectivity index (χ4v) is 2.26. The van der Waals surface area contributed by atoms with Crippen molar-refractivity contribution >= 4 is 11.3 Å². The van der Waals surface area contributed by atoms with E-state index in [-0.39, 0.29) is 5.89 Å². The minimum absolute atomic E-state index is 0.204. The Labute approximate surface area is 114 Å². The largest absolute Gasteiger partial charge is 0.455 e. The molecule has 0 aliphatic carbocycles. The van der Waals surface area contributed by atoms with Crippen molar-refractivity contribution in [2.75, 3.05) is 0 Å². The number of aromatic nitrogens is 4. The highest BCUT2D eigenvalue weighted by atomic mass is 32.1. The molecule has 0 spiro atoms. The van der Waals surface area contributed by atoms with E-state index in [1.807, 2.05) is 0 Å². The van der Waals surface area contributed by atoms with E-state index in [1.54, 1.807) is 24.5 Å². The first kappa shape index (κ1) is 12.7. The van der Waals surface area contributed by atoms with Crippen molar-refractivity contribution in [3.05, 3.63) is 36.5 Å². The molecule has 0 radical (unpaired) electrons. The molecule has 0 saturated carbocycles. The van der Waals surface area contributed by atoms with E-state index in [2.05, 4.69) is 24.6 Å². The van der Waals surface area contributed by atoms with Crippen molar-refractivity contribution in [3.63, 3.8) is 0 Å². The lowest BCUT2D eigenvalue weighted by molar-refractivity contribution is -0.146. The molecule has 3 rings (SSSR count). The minimum atomic E-state index is -4.63. The summed E-state index contributed by atoms with van der Waals surface area (Å²) in [5, 5.41) is 3.51. The normalized spacial score (nSPS) is 11.8. The van der Waals surface area contributed by atoms with Gasteiger partial charge in [-0.15, -0.1) is 11.3 Å². The van der Waals surface area contributed by atoms with E-state index in [1.165, 1.54) is 6.20 Å². The highest BCUT2D eigenvalue weighted by Gasteiger charge is 2.37. The van der Waals surface area contributed by atoms with Gasteiger partial charge >= 0.3 is 6.18 Å². The number of halogens is 3. The van der Waals surface area contributed by atoms with Crippen LogP contribution in [0.4, 0.5) is 13.2 Å². The van der Waals surface area contributed by atoms with E-state index >= 15 is 0 Å². The molecule has 3 aromatic heterocycles. The lowest BCUT2D eigenvalue weighted by Crippen LogP contribution is -2.06. The van der Waals surface area contributed by atoms with Crippen LogP contribution in [-0.4, -0.2) is 20.1 Å². The quantitative estimate of drug-likeness (QED) is 0.726. The van der Waals surface area contributed by atoms with Crippen LogP contribution in [0.25, 0.3) is 21.3 Å². The Bertz CT molecular complexity index is 723. The van der Waals surface area contributed by atoms with Gasteiger partial charge in [0.1, 0.15) is 9.88 Å². The molecule has 0 fully saturated rings. The standard InChI is InChI=1S/C11H5F3N4OS/c12-11(13,14)10-17-8(19-18-10)7-5-16-9(20-7)6-2-1-3-15-4-6/h1-5H. The van der Waals surface area contributed by atoms with Crippen LogP contribution >= 0.6 is 11.3 Å². The molecule has 0 saturated heterocycles. The predicted octanol–water partition coefficient (Wildman–Crippen LogP) is 3.27. The molecule has 0 aliphatic heterocycles. The fourth-order valence-electron chi connectivity index (χ4n) is 1.43. The van der Waals surface area contributed by atoms with Gasteiger partial charge in [-0.3, -0.25) is 4.98 Å². The van der Waals surface area contributed by atoms with Crippen molar-refractivity contribution in [1.82, 2.24) is 20.1 Å². The van der Waals surface area contributed by atoms with Gasteiger partial charge in [0, 0.05) is 18.0 Å². The number of alkyl halides is 3. The zero-order valence-electron chi connectivity index (χ0n) is 9.63. The molecule has 0 aromatic carbocycles. The monoisotopic (exact) mass is 298 g/mol. The second kappa shape index (κ2) is 4.67. The van der Waals surface area contributed by atoms with Crippen LogP contribution in [0.5, 0.6) is 0 Å². The summed E-state index contributed by atoms with van der Waals surface area (Å²) in [7, 11) is 0. The molecule has 0 N–H and O–H groups in total. The number of rotatable bonds is 2. The van der Waals surface area contributed by atoms with E-state index < -0.39 is 12.0 Å². The number of thiazole rings is 1. The van der Waals surface area contributed by atoms with Gasteiger partial charge < -0.3 is 4.52 Å². The zero-order chi connectivity index (χ0) is 14.2. The van der Waals surface area contributed by atoms with Crippen molar-refractivity contribution in [2.24, 2.45) is 0 Å². The van der Waals surface area contributed by atoms with Gasteiger partial charge in [0.05, 0.1) is 6.20 Å². The number of nitrogens with zero attached hydrogens (tertiary/aromatic N) is 4. The Hall–Kier alpha value is -2.29. The summed E-state index contributed by atoms with van der Waals surface area (Å²) in [6.07, 6.45) is -0.0114. The zero-order valence-corrected chi connectivity index (χ0v) is 10.4. The minimum Gasteiger partial charge on any atom is -0.333 e. The summed E-state index contributed by atoms with van der Waals surface area (Å²) in [6.45, 7) is 0. The maximum Gasteiger partial charge on any atom is 0.455 e. The van der Waals surface area contributed by atoms with Gasteiger partial charge in [0.15, 0.2) is 0 Å². The Morgan fingerprint density at radius 2 is 2.05 bits per heavy atom. The number of pyridine rings is 1. The fraction of sp³-hybridized carbons (Fsp3) is 0.0909. The van der Waals surface area contributed by atoms with Gasteiger partial charge in [-0.05, 0) is 12.1 Å². The molecule has 0 unspecified atom stereocenters. The lowest BCUT2D eigenvalue weighted by Gasteiger charge is -1.95. The predicted molar refractivity (Wildman–Crippen MR) is 63.6 cm³/mol. The van der Waals surface area contributed by atoms with E-state index in [0.717, 1.165) is 16.9 Å². The van der Waals surface area contributed by atoms with E-state index in [0.29, 0.717) is 9.88 Å². The highest BCUT2D eigenvalue weighted by Crippen LogP contribution is 2.33. The first-order valence-corrected chi connectivity index (χ1v) is 6.13. The van der Waals surface area contributed by atoms with E-state index in [9.17, 15) is 13.2 Å². The molecule has 5 nitrogen and oxygen atoms in total. The van der Waals surface area contributed by atoms with Gasteiger partial charge in [0.25, 0.3) is 11.7 Å². The summed E-state index contributed by atoms with van der Waals surface area (Å²) < 4.78 is 41.7. The third kappa shape index (κ3) is 2.39. The molecule has 0 amide bonds. The third-order valence-electron chi connectivity index (χ3n) is 2.30. The topological polar surface area (TPSA) is 64.7 Å². The molecule has 9 heteroatoms. The summed E-state index contributed by atoms with van der Waals surface area (Å²) in [5.41, 5.74) is 0.763. The second-order valence-electron chi connectivity index (χ2n) is 3.69. The highest BCUT2D eigenvalue weighted by molar-refractivity contribution is 7.18. The van der Waals surface area contributed by atoms with Crippen LogP contribution in [0.2, 0.25) is 0 Å². The number of hydrogen-bond acceptors (Lipinski definition) is 6. The van der Waals surface area contributed by atoms with Gasteiger partial charge in [0.2, 0.25) is 0 Å². The Balaban J connectivity index is 1.93. The maximum absolute atomic E-state index is 12.4. The third-order valence-corrected chi connectivity index (χ3v) is 3.34. The smallest absolute Gasteiger partial charge is 0.333 e. The van der Waals surface area contributed by atoms with Crippen molar-refractivity contribution in [1.29, 1.82) is 0 Å². The van der Waals surface area contributed by atoms with Crippen LogP contribution in [-0.2, 0) is 6.18 Å². The Morgan fingerprint density at radius 1 is 1.20 bits per heavy atom. The van der Waals surface area contributed by atoms with Crippen molar-refractivity contribution in [3.8, 4) is 21.3 Å². The summed E-state index contributed by atoms with van der Waals surface area (Å²) in [6, 6.07) is 3.54. The molecular formula is C11H5F3N4OS. The molecule has 3 aromatic rings. The van der Waals surface area contributed by atoms with E-state index in [4.69, 9.17) is 0 Å². The van der Waals surface area contributed by atoms with Crippen LogP contribution in [0, 0.1) is 0 Å². The van der Waals surface area contributed by atoms with Crippen molar-refractivity contribution < 1.29 is 17.7 Å². The van der Waals surface area contributed by atoms with Crippen molar-refractivity contribution in [2.45, 2.75) is 6.18 Å². The second-order valence-corrected chi connectivity index (χ2v) is 4.72. The SMILES string of the molecule is FC(F)(F)c1noc(-c2cnc(-c3cccnc3)s2)n1. The molecule has 0 aliphatic rings. The first-order chi connectivity index (χ1) is 9.54.